The van der Waals surface area contributed by atoms with Crippen LogP contribution >= 0.6 is 0 Å². The predicted molar refractivity (Wildman–Crippen MR) is 128 cm³/mol. The summed E-state index contributed by atoms with van der Waals surface area (Å²) in [6.07, 6.45) is 3.02. The van der Waals surface area contributed by atoms with Crippen molar-refractivity contribution in [3.8, 4) is 0 Å². The summed E-state index contributed by atoms with van der Waals surface area (Å²) in [4.78, 5) is 32.7. The average Bonchev–Trinajstić information content (AvgIpc) is 3.23. The lowest BCUT2D eigenvalue weighted by Crippen LogP contribution is -2.49. The summed E-state index contributed by atoms with van der Waals surface area (Å²) in [7, 11) is 0. The number of rotatable bonds is 11. The van der Waals surface area contributed by atoms with Gasteiger partial charge in [0.05, 0.1) is 6.04 Å². The summed E-state index contributed by atoms with van der Waals surface area (Å²) >= 11 is 0. The molecule has 0 aliphatic rings. The highest BCUT2D eigenvalue weighted by Crippen LogP contribution is 2.19. The lowest BCUT2D eigenvalue weighted by molar-refractivity contribution is -0.149. The van der Waals surface area contributed by atoms with E-state index in [1.807, 2.05) is 60.8 Å². The number of H-pyrrole nitrogens is 1. The summed E-state index contributed by atoms with van der Waals surface area (Å²) in [5.41, 5.74) is 19.4. The van der Waals surface area contributed by atoms with Gasteiger partial charge in [-0.3, -0.25) is 9.79 Å². The topological polar surface area (TPSA) is 162 Å². The summed E-state index contributed by atoms with van der Waals surface area (Å²) < 4.78 is 5.51. The number of esters is 1. The number of nitrogens with two attached hydrogens (primary N) is 3. The third-order valence-electron chi connectivity index (χ3n) is 5.23. The van der Waals surface area contributed by atoms with E-state index >= 15 is 0 Å². The van der Waals surface area contributed by atoms with Crippen LogP contribution in [0.4, 0.5) is 0 Å². The van der Waals surface area contributed by atoms with E-state index in [0.29, 0.717) is 19.4 Å². The number of ether oxygens (including phenoxy) is 1. The molecule has 0 spiro atoms. The molecule has 8 N–H and O–H groups in total. The maximum atomic E-state index is 12.9. The van der Waals surface area contributed by atoms with Crippen LogP contribution in [0.2, 0.25) is 0 Å². The van der Waals surface area contributed by atoms with Gasteiger partial charge < -0.3 is 32.2 Å². The molecule has 0 radical (unpaired) electrons. The van der Waals surface area contributed by atoms with Crippen LogP contribution in [0.5, 0.6) is 0 Å². The Labute approximate surface area is 192 Å². The fourth-order valence-electron chi connectivity index (χ4n) is 3.47. The Bertz CT molecular complexity index is 1090. The number of carbonyl (C=O) groups excluding carboxylic acids is 2. The van der Waals surface area contributed by atoms with Crippen molar-refractivity contribution in [1.29, 1.82) is 0 Å². The van der Waals surface area contributed by atoms with E-state index in [9.17, 15) is 9.59 Å². The van der Waals surface area contributed by atoms with Crippen LogP contribution in [0.1, 0.15) is 24.0 Å². The number of hydrogen-bond acceptors (Lipinski definition) is 5. The molecule has 1 aromatic heterocycles. The van der Waals surface area contributed by atoms with Crippen LogP contribution in [0.25, 0.3) is 10.9 Å². The molecule has 0 saturated heterocycles. The van der Waals surface area contributed by atoms with Crippen molar-refractivity contribution in [2.45, 2.75) is 38.0 Å². The minimum absolute atomic E-state index is 0.00650. The predicted octanol–water partition coefficient (Wildman–Crippen LogP) is 1.32. The van der Waals surface area contributed by atoms with Gasteiger partial charge in [-0.2, -0.15) is 0 Å². The normalized spacial score (nSPS) is 12.6. The molecule has 2 aromatic carbocycles. The van der Waals surface area contributed by atoms with E-state index in [1.165, 1.54) is 0 Å². The van der Waals surface area contributed by atoms with Gasteiger partial charge in [0.15, 0.2) is 5.96 Å². The number of aromatic nitrogens is 1. The third-order valence-corrected chi connectivity index (χ3v) is 5.23. The number of nitrogens with zero attached hydrogens (tertiary/aromatic N) is 1. The molecule has 174 valence electrons. The first kappa shape index (κ1) is 23.8. The number of carbonyl (C=O) groups is 2. The minimum atomic E-state index is -0.885. The first-order chi connectivity index (χ1) is 15.9. The first-order valence-electron chi connectivity index (χ1n) is 10.8. The zero-order valence-electron chi connectivity index (χ0n) is 18.4. The van der Waals surface area contributed by atoms with Crippen LogP contribution in [-0.4, -0.2) is 41.4 Å². The summed E-state index contributed by atoms with van der Waals surface area (Å²) in [6.45, 7) is 0.492. The number of aromatic amines is 1. The quantitative estimate of drug-likeness (QED) is 0.128. The molecule has 33 heavy (non-hydrogen) atoms. The minimum Gasteiger partial charge on any atom is -0.459 e. The molecule has 9 nitrogen and oxygen atoms in total. The zero-order valence-corrected chi connectivity index (χ0v) is 18.4. The first-order valence-corrected chi connectivity index (χ1v) is 10.8. The van der Waals surface area contributed by atoms with Crippen molar-refractivity contribution < 1.29 is 14.3 Å². The van der Waals surface area contributed by atoms with Crippen LogP contribution in [-0.2, 0) is 27.4 Å². The van der Waals surface area contributed by atoms with Crippen molar-refractivity contribution in [3.63, 3.8) is 0 Å². The van der Waals surface area contributed by atoms with Crippen molar-refractivity contribution in [2.75, 3.05) is 6.54 Å². The molecule has 0 unspecified atom stereocenters. The van der Waals surface area contributed by atoms with Gasteiger partial charge in [0.1, 0.15) is 12.6 Å². The highest BCUT2D eigenvalue weighted by atomic mass is 16.5. The second kappa shape index (κ2) is 11.7. The Morgan fingerprint density at radius 3 is 2.55 bits per heavy atom. The van der Waals surface area contributed by atoms with Gasteiger partial charge in [0.25, 0.3) is 0 Å². The smallest absolute Gasteiger partial charge is 0.329 e. The number of hydrogen-bond donors (Lipinski definition) is 5. The lowest BCUT2D eigenvalue weighted by Gasteiger charge is -2.20. The van der Waals surface area contributed by atoms with E-state index in [1.54, 1.807) is 0 Å². The third kappa shape index (κ3) is 7.08. The summed E-state index contributed by atoms with van der Waals surface area (Å²) in [5, 5.41) is 3.75. The van der Waals surface area contributed by atoms with Crippen LogP contribution in [0, 0.1) is 0 Å². The maximum absolute atomic E-state index is 12.9. The number of benzene rings is 2. The molecular formula is C24H30N6O3. The number of aliphatic imine (C=N–C) groups is 1. The summed E-state index contributed by atoms with van der Waals surface area (Å²) in [6, 6.07) is 15.4. The van der Waals surface area contributed by atoms with Gasteiger partial charge in [-0.05, 0) is 30.0 Å². The van der Waals surface area contributed by atoms with E-state index in [4.69, 9.17) is 21.9 Å². The molecule has 0 aliphatic carbocycles. The van der Waals surface area contributed by atoms with Crippen molar-refractivity contribution >= 4 is 28.7 Å². The second-order valence-electron chi connectivity index (χ2n) is 7.77. The molecule has 9 heteroatoms. The molecule has 0 aliphatic heterocycles. The van der Waals surface area contributed by atoms with Gasteiger partial charge in [0.2, 0.25) is 5.91 Å². The molecule has 2 atom stereocenters. The van der Waals surface area contributed by atoms with Crippen molar-refractivity contribution in [2.24, 2.45) is 22.2 Å². The number of fused-ring (bicyclic) bond motifs is 1. The average molecular weight is 451 g/mol. The number of nitrogens with one attached hydrogen (secondary N) is 2. The Hall–Kier alpha value is -3.85. The van der Waals surface area contributed by atoms with E-state index in [2.05, 4.69) is 15.3 Å². The monoisotopic (exact) mass is 450 g/mol. The molecular weight excluding hydrogens is 420 g/mol. The van der Waals surface area contributed by atoms with Crippen LogP contribution < -0.4 is 22.5 Å². The molecule has 3 aromatic rings. The standard InChI is InChI=1S/C24H30N6O3/c25-19(10-6-12-28-24(26)27)22(31)30-21(23(32)33-15-16-7-2-1-3-8-16)13-17-14-29-20-11-5-4-9-18(17)20/h1-5,7-9,11,14,19,21,29H,6,10,12-13,15,25H2,(H,30,31)(H4,26,27,28)/t19-,21+/m1/s1. The largest absolute Gasteiger partial charge is 0.459 e. The highest BCUT2D eigenvalue weighted by Gasteiger charge is 2.26. The highest BCUT2D eigenvalue weighted by molar-refractivity contribution is 5.89. The zero-order chi connectivity index (χ0) is 23.6. The molecule has 1 heterocycles. The summed E-state index contributed by atoms with van der Waals surface area (Å²) in [5.74, 6) is -0.959. The lowest BCUT2D eigenvalue weighted by atomic mass is 10.0. The Balaban J connectivity index is 1.68. The van der Waals surface area contributed by atoms with E-state index < -0.39 is 24.0 Å². The van der Waals surface area contributed by atoms with Crippen molar-refractivity contribution in [1.82, 2.24) is 10.3 Å². The van der Waals surface area contributed by atoms with Crippen molar-refractivity contribution in [3.05, 3.63) is 71.9 Å². The SMILES string of the molecule is NC(N)=NCCC[C@@H](N)C(=O)N[C@@H](Cc1c[nH]c2ccccc12)C(=O)OCc1ccccc1. The van der Waals surface area contributed by atoms with Crippen LogP contribution in [0.15, 0.2) is 65.8 Å². The molecule has 0 fully saturated rings. The molecule has 0 bridgehead atoms. The number of guanidine groups is 1. The van der Waals surface area contributed by atoms with Gasteiger partial charge in [-0.25, -0.2) is 4.79 Å². The Morgan fingerprint density at radius 1 is 1.06 bits per heavy atom. The van der Waals surface area contributed by atoms with Gasteiger partial charge in [0, 0.05) is 30.1 Å². The van der Waals surface area contributed by atoms with E-state index in [-0.39, 0.29) is 19.0 Å². The fraction of sp³-hybridized carbons (Fsp3) is 0.292. The van der Waals surface area contributed by atoms with Gasteiger partial charge >= 0.3 is 5.97 Å². The molecule has 1 amide bonds. The number of para-hydroxylation sites is 1. The molecule has 0 saturated carbocycles. The Kier molecular flexibility index (Phi) is 8.43. The van der Waals surface area contributed by atoms with E-state index in [0.717, 1.165) is 22.0 Å². The molecule has 3 rings (SSSR count). The Morgan fingerprint density at radius 2 is 1.79 bits per heavy atom. The van der Waals surface area contributed by atoms with Gasteiger partial charge in [-0.15, -0.1) is 0 Å². The number of amides is 1. The van der Waals surface area contributed by atoms with Gasteiger partial charge in [-0.1, -0.05) is 48.5 Å². The fourth-order valence-corrected chi connectivity index (χ4v) is 3.47. The second-order valence-corrected chi connectivity index (χ2v) is 7.77. The maximum Gasteiger partial charge on any atom is 0.329 e. The van der Waals surface area contributed by atoms with Crippen LogP contribution in [0.3, 0.4) is 0 Å².